The van der Waals surface area contributed by atoms with Gasteiger partial charge in [0, 0.05) is 38.1 Å². The molecule has 0 unspecified atom stereocenters. The molecule has 3 N–H and O–H groups in total. The third-order valence-corrected chi connectivity index (χ3v) is 5.37. The summed E-state index contributed by atoms with van der Waals surface area (Å²) >= 11 is 0. The van der Waals surface area contributed by atoms with Crippen LogP contribution >= 0.6 is 0 Å². The lowest BCUT2D eigenvalue weighted by Gasteiger charge is -2.29. The fourth-order valence-electron chi connectivity index (χ4n) is 3.87. The van der Waals surface area contributed by atoms with Crippen molar-refractivity contribution in [2.45, 2.75) is 38.3 Å². The number of rotatable bonds is 6. The maximum Gasteiger partial charge on any atom is 0.223 e. The molecule has 25 heavy (non-hydrogen) atoms. The number of fused-ring (bicyclic) bond motifs is 1. The summed E-state index contributed by atoms with van der Waals surface area (Å²) in [5.41, 5.74) is 8.48. The minimum absolute atomic E-state index is 0.105. The van der Waals surface area contributed by atoms with Gasteiger partial charge in [-0.2, -0.15) is 0 Å². The summed E-state index contributed by atoms with van der Waals surface area (Å²) in [7, 11) is 3.33. The number of hydrogen-bond donors (Lipinski definition) is 2. The number of hydrogen-bond acceptors (Lipinski definition) is 5. The first-order valence-electron chi connectivity index (χ1n) is 9.10. The van der Waals surface area contributed by atoms with Crippen LogP contribution in [0, 0.1) is 5.92 Å². The van der Waals surface area contributed by atoms with Gasteiger partial charge in [-0.05, 0) is 48.9 Å². The van der Waals surface area contributed by atoms with Gasteiger partial charge in [-0.15, -0.1) is 0 Å². The van der Waals surface area contributed by atoms with Crippen molar-refractivity contribution in [3.63, 3.8) is 0 Å². The molecule has 1 aromatic carbocycles. The number of methoxy groups -OCH3 is 2. The molecule has 1 aromatic rings. The molecule has 0 spiro atoms. The average molecular weight is 347 g/mol. The number of benzene rings is 1. The number of amides is 1. The van der Waals surface area contributed by atoms with Crippen LogP contribution in [0.5, 0.6) is 11.5 Å². The van der Waals surface area contributed by atoms with Gasteiger partial charge in [0.2, 0.25) is 5.91 Å². The van der Waals surface area contributed by atoms with Gasteiger partial charge in [0.15, 0.2) is 11.5 Å². The standard InChI is InChI=1S/C19H29N3O3/c1-24-17-10-13-5-7-22(12-15(13)11-18(17)25-2)8-6-21-19(23)14-3-4-16(20)9-14/h10-11,14,16H,3-9,12,20H2,1-2H3,(H,21,23)/t14-,16+/m0/s1. The minimum atomic E-state index is 0.105. The first kappa shape index (κ1) is 18.0. The molecule has 6 heteroatoms. The Balaban J connectivity index is 1.50. The normalized spacial score (nSPS) is 23.2. The van der Waals surface area contributed by atoms with Crippen molar-refractivity contribution in [2.75, 3.05) is 33.9 Å². The second kappa shape index (κ2) is 8.06. The monoisotopic (exact) mass is 347 g/mol. The van der Waals surface area contributed by atoms with E-state index in [1.807, 2.05) is 0 Å². The summed E-state index contributed by atoms with van der Waals surface area (Å²) in [4.78, 5) is 14.5. The van der Waals surface area contributed by atoms with Gasteiger partial charge in [-0.25, -0.2) is 0 Å². The number of carbonyl (C=O) groups is 1. The van der Waals surface area contributed by atoms with E-state index in [2.05, 4.69) is 22.3 Å². The zero-order valence-electron chi connectivity index (χ0n) is 15.2. The van der Waals surface area contributed by atoms with Gasteiger partial charge in [-0.1, -0.05) is 0 Å². The van der Waals surface area contributed by atoms with Gasteiger partial charge < -0.3 is 20.5 Å². The Hall–Kier alpha value is -1.79. The second-order valence-electron chi connectivity index (χ2n) is 7.06. The SMILES string of the molecule is COc1cc2c(cc1OC)CN(CCNC(=O)[C@H]1CC[C@@H](N)C1)CC2. The maximum atomic E-state index is 12.2. The fourth-order valence-corrected chi connectivity index (χ4v) is 3.87. The highest BCUT2D eigenvalue weighted by Gasteiger charge is 2.27. The van der Waals surface area contributed by atoms with Crippen LogP contribution in [0.1, 0.15) is 30.4 Å². The molecule has 1 aliphatic carbocycles. The lowest BCUT2D eigenvalue weighted by molar-refractivity contribution is -0.124. The van der Waals surface area contributed by atoms with Gasteiger partial charge >= 0.3 is 0 Å². The smallest absolute Gasteiger partial charge is 0.223 e. The Morgan fingerprint density at radius 2 is 1.96 bits per heavy atom. The Morgan fingerprint density at radius 1 is 1.24 bits per heavy atom. The zero-order chi connectivity index (χ0) is 17.8. The van der Waals surface area contributed by atoms with E-state index < -0.39 is 0 Å². The van der Waals surface area contributed by atoms with Crippen molar-refractivity contribution in [3.8, 4) is 11.5 Å². The lowest BCUT2D eigenvalue weighted by Crippen LogP contribution is -2.39. The number of ether oxygens (including phenoxy) is 2. The molecule has 2 atom stereocenters. The van der Waals surface area contributed by atoms with Crippen LogP contribution < -0.4 is 20.5 Å². The van der Waals surface area contributed by atoms with Gasteiger partial charge in [0.05, 0.1) is 14.2 Å². The summed E-state index contributed by atoms with van der Waals surface area (Å²) < 4.78 is 10.8. The third kappa shape index (κ3) is 4.25. The van der Waals surface area contributed by atoms with E-state index in [9.17, 15) is 4.79 Å². The summed E-state index contributed by atoms with van der Waals surface area (Å²) in [5, 5.41) is 3.08. The molecule has 2 aliphatic rings. The van der Waals surface area contributed by atoms with Crippen LogP contribution in [0.25, 0.3) is 0 Å². The average Bonchev–Trinajstić information content (AvgIpc) is 3.06. The molecule has 0 aromatic heterocycles. The van der Waals surface area contributed by atoms with E-state index in [0.717, 1.165) is 56.8 Å². The quantitative estimate of drug-likeness (QED) is 0.811. The van der Waals surface area contributed by atoms with Crippen molar-refractivity contribution < 1.29 is 14.3 Å². The lowest BCUT2D eigenvalue weighted by atomic mass is 9.99. The number of nitrogens with zero attached hydrogens (tertiary/aromatic N) is 1. The molecule has 0 radical (unpaired) electrons. The molecule has 1 saturated carbocycles. The van der Waals surface area contributed by atoms with Crippen molar-refractivity contribution in [1.29, 1.82) is 0 Å². The molecule has 1 fully saturated rings. The summed E-state index contributed by atoms with van der Waals surface area (Å²) in [6, 6.07) is 4.34. The second-order valence-corrected chi connectivity index (χ2v) is 7.06. The van der Waals surface area contributed by atoms with Crippen molar-refractivity contribution in [1.82, 2.24) is 10.2 Å². The molecule has 0 bridgehead atoms. The zero-order valence-corrected chi connectivity index (χ0v) is 15.2. The summed E-state index contributed by atoms with van der Waals surface area (Å²) in [5.74, 6) is 1.83. The molecule has 1 amide bonds. The first-order valence-corrected chi connectivity index (χ1v) is 9.10. The maximum absolute atomic E-state index is 12.2. The molecule has 6 nitrogen and oxygen atoms in total. The number of carbonyl (C=O) groups excluding carboxylic acids is 1. The molecule has 3 rings (SSSR count). The van der Waals surface area contributed by atoms with E-state index in [0.29, 0.717) is 6.54 Å². The van der Waals surface area contributed by atoms with Crippen LogP contribution in [-0.2, 0) is 17.8 Å². The van der Waals surface area contributed by atoms with E-state index >= 15 is 0 Å². The minimum Gasteiger partial charge on any atom is -0.493 e. The first-order chi connectivity index (χ1) is 12.1. The Kier molecular flexibility index (Phi) is 5.81. The molecule has 1 aliphatic heterocycles. The molecular weight excluding hydrogens is 318 g/mol. The molecule has 1 heterocycles. The molecule has 0 saturated heterocycles. The fraction of sp³-hybridized carbons (Fsp3) is 0.632. The highest BCUT2D eigenvalue weighted by Crippen LogP contribution is 2.33. The van der Waals surface area contributed by atoms with E-state index in [-0.39, 0.29) is 17.9 Å². The van der Waals surface area contributed by atoms with Gasteiger partial charge in [-0.3, -0.25) is 9.69 Å². The summed E-state index contributed by atoms with van der Waals surface area (Å²) in [6.07, 6.45) is 3.70. The van der Waals surface area contributed by atoms with E-state index in [4.69, 9.17) is 15.2 Å². The van der Waals surface area contributed by atoms with Crippen LogP contribution in [0.3, 0.4) is 0 Å². The topological polar surface area (TPSA) is 76.8 Å². The van der Waals surface area contributed by atoms with Crippen LogP contribution in [-0.4, -0.2) is 50.7 Å². The van der Waals surface area contributed by atoms with E-state index in [1.54, 1.807) is 14.2 Å². The van der Waals surface area contributed by atoms with Crippen molar-refractivity contribution in [2.24, 2.45) is 11.7 Å². The largest absolute Gasteiger partial charge is 0.493 e. The van der Waals surface area contributed by atoms with Crippen molar-refractivity contribution in [3.05, 3.63) is 23.3 Å². The van der Waals surface area contributed by atoms with E-state index in [1.165, 1.54) is 11.1 Å². The van der Waals surface area contributed by atoms with Gasteiger partial charge in [0.25, 0.3) is 0 Å². The van der Waals surface area contributed by atoms with Gasteiger partial charge in [0.1, 0.15) is 0 Å². The number of nitrogens with one attached hydrogen (secondary N) is 1. The molecule has 138 valence electrons. The Bertz CT molecular complexity index is 620. The number of nitrogens with two attached hydrogens (primary N) is 1. The molecular formula is C19H29N3O3. The summed E-state index contributed by atoms with van der Waals surface area (Å²) in [6.45, 7) is 3.41. The highest BCUT2D eigenvalue weighted by atomic mass is 16.5. The predicted octanol–water partition coefficient (Wildman–Crippen LogP) is 1.31. The highest BCUT2D eigenvalue weighted by molar-refractivity contribution is 5.79. The van der Waals surface area contributed by atoms with Crippen LogP contribution in [0.2, 0.25) is 0 Å². The Labute approximate surface area is 149 Å². The van der Waals surface area contributed by atoms with Crippen molar-refractivity contribution >= 4 is 5.91 Å². The third-order valence-electron chi connectivity index (χ3n) is 5.37. The predicted molar refractivity (Wildman–Crippen MR) is 96.9 cm³/mol. The Morgan fingerprint density at radius 3 is 2.60 bits per heavy atom. The van der Waals surface area contributed by atoms with Crippen LogP contribution in [0.15, 0.2) is 12.1 Å². The van der Waals surface area contributed by atoms with Crippen LogP contribution in [0.4, 0.5) is 0 Å².